The second kappa shape index (κ2) is 11.3. The van der Waals surface area contributed by atoms with Crippen molar-refractivity contribution in [1.29, 1.82) is 0 Å². The van der Waals surface area contributed by atoms with Crippen molar-refractivity contribution in [3.63, 3.8) is 0 Å². The van der Waals surface area contributed by atoms with Crippen molar-refractivity contribution in [2.45, 2.75) is 44.4 Å². The van der Waals surface area contributed by atoms with Crippen LogP contribution >= 0.6 is 11.6 Å². The van der Waals surface area contributed by atoms with E-state index in [0.29, 0.717) is 30.6 Å². The molecule has 2 aromatic carbocycles. The van der Waals surface area contributed by atoms with E-state index in [1.165, 1.54) is 12.1 Å². The van der Waals surface area contributed by atoms with Crippen LogP contribution in [0.15, 0.2) is 48.5 Å². The van der Waals surface area contributed by atoms with E-state index in [2.05, 4.69) is 25.6 Å². The number of hydrogen-bond acceptors (Lipinski definition) is 6. The predicted molar refractivity (Wildman–Crippen MR) is 137 cm³/mol. The molecule has 3 aromatic rings. The molecule has 1 aromatic heterocycles. The van der Waals surface area contributed by atoms with Crippen molar-refractivity contribution in [2.24, 2.45) is 5.92 Å². The minimum atomic E-state index is -4.55. The molecule has 0 atom stereocenters. The molecule has 1 heterocycles. The van der Waals surface area contributed by atoms with Crippen LogP contribution in [-0.4, -0.2) is 41.0 Å². The van der Waals surface area contributed by atoms with E-state index in [0.717, 1.165) is 24.5 Å². The molecule has 1 fully saturated rings. The van der Waals surface area contributed by atoms with E-state index in [4.69, 9.17) is 11.6 Å². The summed E-state index contributed by atoms with van der Waals surface area (Å²) in [7, 11) is 3.67. The van der Waals surface area contributed by atoms with Gasteiger partial charge in [-0.15, -0.1) is 0 Å². The SMILES string of the molecule is CNc1nc(-c2ccccc2)nc(N(C)[C@H]2CC[C@@H](C(=O)NCc3ccc(Cl)cc3C(F)(F)F)CC2)n1. The van der Waals surface area contributed by atoms with Crippen LogP contribution in [0.25, 0.3) is 11.4 Å². The summed E-state index contributed by atoms with van der Waals surface area (Å²) >= 11 is 5.74. The van der Waals surface area contributed by atoms with Crippen molar-refractivity contribution in [3.05, 3.63) is 64.7 Å². The van der Waals surface area contributed by atoms with Crippen molar-refractivity contribution >= 4 is 29.4 Å². The van der Waals surface area contributed by atoms with Crippen LogP contribution < -0.4 is 15.5 Å². The predicted octanol–water partition coefficient (Wildman–Crippen LogP) is 5.56. The highest BCUT2D eigenvalue weighted by Crippen LogP contribution is 2.34. The number of hydrogen-bond donors (Lipinski definition) is 2. The second-order valence-corrected chi connectivity index (χ2v) is 9.47. The third-order valence-corrected chi connectivity index (χ3v) is 6.88. The summed E-state index contributed by atoms with van der Waals surface area (Å²) in [6, 6.07) is 13.3. The van der Waals surface area contributed by atoms with Crippen LogP contribution in [0, 0.1) is 5.92 Å². The van der Waals surface area contributed by atoms with Crippen LogP contribution in [0.2, 0.25) is 5.02 Å². The van der Waals surface area contributed by atoms with Crippen molar-refractivity contribution in [3.8, 4) is 11.4 Å². The Balaban J connectivity index is 1.38. The Kier molecular flexibility index (Phi) is 8.16. The van der Waals surface area contributed by atoms with Gasteiger partial charge in [-0.3, -0.25) is 4.79 Å². The lowest BCUT2D eigenvalue weighted by molar-refractivity contribution is -0.138. The minimum Gasteiger partial charge on any atom is -0.357 e. The van der Waals surface area contributed by atoms with Crippen molar-refractivity contribution in [1.82, 2.24) is 20.3 Å². The summed E-state index contributed by atoms with van der Waals surface area (Å²) in [6.07, 6.45) is -1.86. The summed E-state index contributed by atoms with van der Waals surface area (Å²) < 4.78 is 40.0. The van der Waals surface area contributed by atoms with Crippen LogP contribution in [0.1, 0.15) is 36.8 Å². The summed E-state index contributed by atoms with van der Waals surface area (Å²) in [4.78, 5) is 28.4. The molecular weight excluding hydrogens is 505 g/mol. The maximum absolute atomic E-state index is 13.3. The lowest BCUT2D eigenvalue weighted by atomic mass is 9.85. The molecule has 1 amide bonds. The topological polar surface area (TPSA) is 83.0 Å². The van der Waals surface area contributed by atoms with Crippen LogP contribution in [0.4, 0.5) is 25.1 Å². The van der Waals surface area contributed by atoms with E-state index in [1.807, 2.05) is 42.3 Å². The zero-order valence-corrected chi connectivity index (χ0v) is 21.3. The van der Waals surface area contributed by atoms with Gasteiger partial charge in [-0.1, -0.05) is 48.0 Å². The first-order chi connectivity index (χ1) is 17.7. The first-order valence-electron chi connectivity index (χ1n) is 12.0. The van der Waals surface area contributed by atoms with E-state index in [-0.39, 0.29) is 35.0 Å². The largest absolute Gasteiger partial charge is 0.416 e. The Morgan fingerprint density at radius 1 is 1.05 bits per heavy atom. The fraction of sp³-hybridized carbons (Fsp3) is 0.385. The number of carbonyl (C=O) groups is 1. The number of alkyl halides is 3. The van der Waals surface area contributed by atoms with Crippen molar-refractivity contribution < 1.29 is 18.0 Å². The average molecular weight is 533 g/mol. The lowest BCUT2D eigenvalue weighted by Crippen LogP contribution is -2.40. The molecule has 7 nitrogen and oxygen atoms in total. The van der Waals surface area contributed by atoms with Gasteiger partial charge in [0.2, 0.25) is 17.8 Å². The number of halogens is 4. The van der Waals surface area contributed by atoms with Crippen LogP contribution in [0.5, 0.6) is 0 Å². The molecule has 0 radical (unpaired) electrons. The maximum Gasteiger partial charge on any atom is 0.416 e. The van der Waals surface area contributed by atoms with Gasteiger partial charge in [0, 0.05) is 43.2 Å². The van der Waals surface area contributed by atoms with E-state index in [9.17, 15) is 18.0 Å². The van der Waals surface area contributed by atoms with Gasteiger partial charge >= 0.3 is 6.18 Å². The molecule has 0 spiro atoms. The Hall–Kier alpha value is -3.40. The quantitative estimate of drug-likeness (QED) is 0.414. The molecule has 1 aliphatic rings. The number of carbonyl (C=O) groups excluding carboxylic acids is 1. The standard InChI is InChI=1S/C26H28ClF3N6O/c1-31-24-33-22(16-6-4-3-5-7-16)34-25(35-24)36(2)20-12-9-17(10-13-20)23(37)32-15-18-8-11-19(27)14-21(18)26(28,29)30/h3-8,11,14,17,20H,9-10,12-13,15H2,1-2H3,(H,32,37)(H,31,33,34,35)/t17-,20+. The molecule has 2 N–H and O–H groups in total. The molecule has 11 heteroatoms. The van der Waals surface area contributed by atoms with Gasteiger partial charge < -0.3 is 15.5 Å². The van der Waals surface area contributed by atoms with E-state index in [1.54, 1.807) is 7.05 Å². The molecule has 0 unspecified atom stereocenters. The first kappa shape index (κ1) is 26.7. The molecule has 0 saturated heterocycles. The second-order valence-electron chi connectivity index (χ2n) is 9.03. The van der Waals surface area contributed by atoms with Crippen LogP contribution in [-0.2, 0) is 17.5 Å². The third kappa shape index (κ3) is 6.49. The molecule has 196 valence electrons. The van der Waals surface area contributed by atoms with E-state index < -0.39 is 11.7 Å². The van der Waals surface area contributed by atoms with Gasteiger partial charge in [0.1, 0.15) is 0 Å². The number of amides is 1. The summed E-state index contributed by atoms with van der Waals surface area (Å²) in [5.41, 5.74) is 0.0349. The zero-order valence-electron chi connectivity index (χ0n) is 20.5. The van der Waals surface area contributed by atoms with E-state index >= 15 is 0 Å². The van der Waals surface area contributed by atoms with Gasteiger partial charge in [0.05, 0.1) is 5.56 Å². The fourth-order valence-electron chi connectivity index (χ4n) is 4.53. The Morgan fingerprint density at radius 2 is 1.76 bits per heavy atom. The summed E-state index contributed by atoms with van der Waals surface area (Å²) in [5, 5.41) is 5.66. The molecule has 1 saturated carbocycles. The number of aromatic nitrogens is 3. The highest BCUT2D eigenvalue weighted by Gasteiger charge is 2.34. The number of anilines is 2. The molecule has 0 aliphatic heterocycles. The first-order valence-corrected chi connectivity index (χ1v) is 12.4. The number of nitrogens with zero attached hydrogens (tertiary/aromatic N) is 4. The van der Waals surface area contributed by atoms with Gasteiger partial charge in [-0.05, 0) is 43.4 Å². The van der Waals surface area contributed by atoms with Gasteiger partial charge in [0.25, 0.3) is 0 Å². The summed E-state index contributed by atoms with van der Waals surface area (Å²) in [6.45, 7) is -0.204. The molecular formula is C26H28ClF3N6O. The van der Waals surface area contributed by atoms with Crippen molar-refractivity contribution in [2.75, 3.05) is 24.3 Å². The Morgan fingerprint density at radius 3 is 2.41 bits per heavy atom. The van der Waals surface area contributed by atoms with Crippen LogP contribution in [0.3, 0.4) is 0 Å². The Bertz CT molecular complexity index is 1230. The minimum absolute atomic E-state index is 0.000693. The lowest BCUT2D eigenvalue weighted by Gasteiger charge is -2.34. The van der Waals surface area contributed by atoms with Gasteiger partial charge in [-0.2, -0.15) is 28.1 Å². The summed E-state index contributed by atoms with van der Waals surface area (Å²) in [5.74, 6) is 1.05. The smallest absolute Gasteiger partial charge is 0.357 e. The molecule has 0 bridgehead atoms. The maximum atomic E-state index is 13.3. The highest BCUT2D eigenvalue weighted by molar-refractivity contribution is 6.30. The Labute approximate surface area is 218 Å². The number of benzene rings is 2. The molecule has 4 rings (SSSR count). The fourth-order valence-corrected chi connectivity index (χ4v) is 4.70. The average Bonchev–Trinajstić information content (AvgIpc) is 2.91. The highest BCUT2D eigenvalue weighted by atomic mass is 35.5. The number of rotatable bonds is 7. The number of nitrogens with one attached hydrogen (secondary N) is 2. The van der Waals surface area contributed by atoms with Gasteiger partial charge in [-0.25, -0.2) is 0 Å². The monoisotopic (exact) mass is 532 g/mol. The normalized spacial score (nSPS) is 17.8. The third-order valence-electron chi connectivity index (χ3n) is 6.64. The molecule has 1 aliphatic carbocycles. The molecule has 37 heavy (non-hydrogen) atoms. The zero-order chi connectivity index (χ0) is 26.6. The van der Waals surface area contributed by atoms with Gasteiger partial charge in [0.15, 0.2) is 5.82 Å².